The average Bonchev–Trinajstić information content (AvgIpc) is 2.57. The van der Waals surface area contributed by atoms with Gasteiger partial charge in [0, 0.05) is 18.5 Å². The molecule has 0 atom stereocenters. The van der Waals surface area contributed by atoms with Gasteiger partial charge in [0.05, 0.1) is 6.20 Å². The zero-order valence-corrected chi connectivity index (χ0v) is 6.60. The van der Waals surface area contributed by atoms with Crippen LogP contribution < -0.4 is 10.6 Å². The molecule has 1 saturated heterocycles. The number of rotatable bonds is 0. The van der Waals surface area contributed by atoms with E-state index in [1.165, 1.54) is 11.5 Å². The van der Waals surface area contributed by atoms with Gasteiger partial charge in [-0.3, -0.25) is 0 Å². The van der Waals surface area contributed by atoms with E-state index in [1.54, 1.807) is 6.20 Å². The van der Waals surface area contributed by atoms with Gasteiger partial charge in [-0.1, -0.05) is 4.49 Å². The second-order valence-electron chi connectivity index (χ2n) is 1.77. The van der Waals surface area contributed by atoms with E-state index >= 15 is 0 Å². The summed E-state index contributed by atoms with van der Waals surface area (Å²) in [6, 6.07) is -0.0463. The predicted octanol–water partition coefficient (Wildman–Crippen LogP) is -0.163. The van der Waals surface area contributed by atoms with Crippen molar-refractivity contribution in [3.05, 3.63) is 11.6 Å². The molecule has 60 valence electrons. The summed E-state index contributed by atoms with van der Waals surface area (Å²) in [6.07, 6.45) is 1.66. The molecule has 5 nitrogen and oxygen atoms in total. The van der Waals surface area contributed by atoms with Crippen LogP contribution in [0.2, 0.25) is 0 Å². The highest BCUT2D eigenvalue weighted by Gasteiger charge is 2.02. The summed E-state index contributed by atoms with van der Waals surface area (Å²) in [5.74, 6) is 0. The van der Waals surface area contributed by atoms with Crippen LogP contribution in [-0.4, -0.2) is 28.7 Å². The summed E-state index contributed by atoms with van der Waals surface area (Å²) >= 11 is 1.35. The van der Waals surface area contributed by atoms with Crippen LogP contribution in [0.25, 0.3) is 0 Å². The summed E-state index contributed by atoms with van der Waals surface area (Å²) in [6.45, 7) is 1.55. The first-order chi connectivity index (χ1) is 5.39. The van der Waals surface area contributed by atoms with Gasteiger partial charge < -0.3 is 10.6 Å². The Labute approximate surface area is 68.0 Å². The van der Waals surface area contributed by atoms with E-state index in [1.807, 2.05) is 5.38 Å². The topological polar surface area (TPSA) is 66.9 Å². The molecule has 1 aliphatic rings. The molecule has 1 aromatic rings. The first kappa shape index (κ1) is 7.93. The Hall–Kier alpha value is -1.17. The Morgan fingerprint density at radius 1 is 1.45 bits per heavy atom. The van der Waals surface area contributed by atoms with E-state index in [-0.39, 0.29) is 6.03 Å². The van der Waals surface area contributed by atoms with Crippen LogP contribution in [0, 0.1) is 0 Å². The smallest absolute Gasteiger partial charge is 0.314 e. The van der Waals surface area contributed by atoms with Gasteiger partial charge in [-0.05, 0) is 11.5 Å². The van der Waals surface area contributed by atoms with Crippen LogP contribution in [0.4, 0.5) is 4.79 Å². The first-order valence-electron chi connectivity index (χ1n) is 3.12. The van der Waals surface area contributed by atoms with Crippen molar-refractivity contribution >= 4 is 17.6 Å². The fourth-order valence-corrected chi connectivity index (χ4v) is 0.823. The molecule has 2 rings (SSSR count). The lowest BCUT2D eigenvalue weighted by Gasteiger charge is -1.80. The normalized spacial score (nSPS) is 14.4. The SMILES string of the molecule is O=C1NCCN1.c1csnn1. The van der Waals surface area contributed by atoms with Gasteiger partial charge in [0.25, 0.3) is 0 Å². The Morgan fingerprint density at radius 2 is 2.18 bits per heavy atom. The highest BCUT2D eigenvalue weighted by atomic mass is 32.1. The molecule has 0 radical (unpaired) electrons. The third-order valence-electron chi connectivity index (χ3n) is 0.979. The quantitative estimate of drug-likeness (QED) is 0.571. The van der Waals surface area contributed by atoms with Crippen molar-refractivity contribution in [1.29, 1.82) is 0 Å². The van der Waals surface area contributed by atoms with E-state index in [4.69, 9.17) is 0 Å². The molecule has 1 fully saturated rings. The lowest BCUT2D eigenvalue weighted by Crippen LogP contribution is -2.20. The molecule has 0 spiro atoms. The summed E-state index contributed by atoms with van der Waals surface area (Å²) in [5, 5.41) is 10.4. The number of carbonyl (C=O) groups is 1. The molecule has 2 N–H and O–H groups in total. The van der Waals surface area contributed by atoms with E-state index in [9.17, 15) is 4.79 Å². The predicted molar refractivity (Wildman–Crippen MR) is 41.3 cm³/mol. The maximum absolute atomic E-state index is 10.0. The van der Waals surface area contributed by atoms with Gasteiger partial charge >= 0.3 is 6.03 Å². The van der Waals surface area contributed by atoms with E-state index < -0.39 is 0 Å². The average molecular weight is 172 g/mol. The maximum Gasteiger partial charge on any atom is 0.314 e. The van der Waals surface area contributed by atoms with Crippen molar-refractivity contribution < 1.29 is 4.79 Å². The number of carbonyl (C=O) groups excluding carboxylic acids is 1. The molecule has 2 amide bonds. The van der Waals surface area contributed by atoms with Crippen LogP contribution >= 0.6 is 11.5 Å². The largest absolute Gasteiger partial charge is 0.336 e. The van der Waals surface area contributed by atoms with Crippen LogP contribution in [0.15, 0.2) is 11.6 Å². The standard InChI is InChI=1S/C3H6N2O.C2H2N2S/c6-3-4-1-2-5-3;1-2-5-4-3-1/h1-2H2,(H2,4,5,6);1-2H. The Bertz CT molecular complexity index is 175. The molecule has 11 heavy (non-hydrogen) atoms. The number of hydrogen-bond donors (Lipinski definition) is 2. The highest BCUT2D eigenvalue weighted by Crippen LogP contribution is 1.78. The van der Waals surface area contributed by atoms with Gasteiger partial charge in [-0.25, -0.2) is 4.79 Å². The number of nitrogens with zero attached hydrogens (tertiary/aromatic N) is 2. The van der Waals surface area contributed by atoms with Gasteiger partial charge in [0.2, 0.25) is 0 Å². The Kier molecular flexibility index (Phi) is 3.33. The Balaban J connectivity index is 0.000000112. The number of nitrogens with one attached hydrogen (secondary N) is 2. The first-order valence-corrected chi connectivity index (χ1v) is 3.96. The zero-order chi connectivity index (χ0) is 7.94. The van der Waals surface area contributed by atoms with Crippen molar-refractivity contribution in [3.63, 3.8) is 0 Å². The molecule has 1 aromatic heterocycles. The minimum Gasteiger partial charge on any atom is -0.336 e. The fraction of sp³-hybridized carbons (Fsp3) is 0.400. The zero-order valence-electron chi connectivity index (χ0n) is 5.78. The van der Waals surface area contributed by atoms with Crippen molar-refractivity contribution in [2.24, 2.45) is 0 Å². The van der Waals surface area contributed by atoms with E-state index in [0.717, 1.165) is 13.1 Å². The number of amides is 2. The summed E-state index contributed by atoms with van der Waals surface area (Å²) in [5.41, 5.74) is 0. The third kappa shape index (κ3) is 3.51. The van der Waals surface area contributed by atoms with Crippen LogP contribution in [0.5, 0.6) is 0 Å². The second-order valence-corrected chi connectivity index (χ2v) is 2.42. The summed E-state index contributed by atoms with van der Waals surface area (Å²) in [7, 11) is 0. The molecule has 1 aliphatic heterocycles. The molecular formula is C5H8N4OS. The second kappa shape index (κ2) is 4.62. The minimum absolute atomic E-state index is 0.0463. The molecule has 0 unspecified atom stereocenters. The minimum atomic E-state index is -0.0463. The van der Waals surface area contributed by atoms with Gasteiger partial charge in [0.1, 0.15) is 0 Å². The van der Waals surface area contributed by atoms with E-state index in [0.29, 0.717) is 0 Å². The molecule has 0 aromatic carbocycles. The highest BCUT2D eigenvalue weighted by molar-refractivity contribution is 7.03. The molecule has 0 bridgehead atoms. The fourth-order valence-electron chi connectivity index (χ4n) is 0.551. The van der Waals surface area contributed by atoms with Gasteiger partial charge in [-0.15, -0.1) is 5.10 Å². The molecular weight excluding hydrogens is 164 g/mol. The van der Waals surface area contributed by atoms with Crippen molar-refractivity contribution in [1.82, 2.24) is 20.2 Å². The van der Waals surface area contributed by atoms with E-state index in [2.05, 4.69) is 20.2 Å². The molecule has 6 heteroatoms. The molecule has 0 saturated carbocycles. The van der Waals surface area contributed by atoms with Crippen molar-refractivity contribution in [3.8, 4) is 0 Å². The van der Waals surface area contributed by atoms with Gasteiger partial charge in [0.15, 0.2) is 0 Å². The van der Waals surface area contributed by atoms with Crippen molar-refractivity contribution in [2.75, 3.05) is 13.1 Å². The number of urea groups is 1. The van der Waals surface area contributed by atoms with Crippen molar-refractivity contribution in [2.45, 2.75) is 0 Å². The molecule has 2 heterocycles. The summed E-state index contributed by atoms with van der Waals surface area (Å²) < 4.78 is 3.51. The maximum atomic E-state index is 10.0. The van der Waals surface area contributed by atoms with Crippen LogP contribution in [-0.2, 0) is 0 Å². The van der Waals surface area contributed by atoms with Crippen LogP contribution in [0.1, 0.15) is 0 Å². The third-order valence-corrected chi connectivity index (χ3v) is 1.41. The van der Waals surface area contributed by atoms with Crippen LogP contribution in [0.3, 0.4) is 0 Å². The van der Waals surface area contributed by atoms with Gasteiger partial charge in [-0.2, -0.15) is 0 Å². The lowest BCUT2D eigenvalue weighted by molar-refractivity contribution is 0.248. The number of aromatic nitrogens is 2. The lowest BCUT2D eigenvalue weighted by atomic mass is 10.7. The summed E-state index contributed by atoms with van der Waals surface area (Å²) in [4.78, 5) is 10.0. The number of hydrogen-bond acceptors (Lipinski definition) is 4. The Morgan fingerprint density at radius 3 is 2.36 bits per heavy atom. The molecule has 0 aliphatic carbocycles. The monoisotopic (exact) mass is 172 g/mol.